The first-order valence-electron chi connectivity index (χ1n) is 6.70. The molecule has 0 saturated heterocycles. The van der Waals surface area contributed by atoms with Gasteiger partial charge in [0.05, 0.1) is 11.2 Å². The van der Waals surface area contributed by atoms with Gasteiger partial charge >= 0.3 is 5.97 Å². The molecule has 0 radical (unpaired) electrons. The molecule has 0 aliphatic carbocycles. The summed E-state index contributed by atoms with van der Waals surface area (Å²) in [6.45, 7) is 4.04. The SMILES string of the molecule is CCNC(=O)C(C)Nc1c(C(=O)O)cnc2ccccc12. The predicted octanol–water partition coefficient (Wildman–Crippen LogP) is 1.87. The molecular formula is C15H17N3O3. The molecular weight excluding hydrogens is 270 g/mol. The maximum Gasteiger partial charge on any atom is 0.339 e. The standard InChI is InChI=1S/C15H17N3O3/c1-3-16-14(19)9(2)18-13-10-6-4-5-7-12(10)17-8-11(13)15(20)21/h4-9H,3H2,1-2H3,(H,16,19)(H,17,18)(H,20,21). The van der Waals surface area contributed by atoms with Crippen LogP contribution in [0.15, 0.2) is 30.5 Å². The third-order valence-electron chi connectivity index (χ3n) is 3.11. The van der Waals surface area contributed by atoms with Crippen molar-refractivity contribution in [2.24, 2.45) is 0 Å². The van der Waals surface area contributed by atoms with Crippen LogP contribution in [-0.4, -0.2) is 34.6 Å². The molecule has 6 heteroatoms. The van der Waals surface area contributed by atoms with Crippen LogP contribution in [0.4, 0.5) is 5.69 Å². The first-order valence-corrected chi connectivity index (χ1v) is 6.70. The molecule has 1 amide bonds. The van der Waals surface area contributed by atoms with Gasteiger partial charge in [0.1, 0.15) is 11.6 Å². The number of carboxylic acids is 1. The van der Waals surface area contributed by atoms with Gasteiger partial charge < -0.3 is 15.7 Å². The van der Waals surface area contributed by atoms with Gasteiger partial charge in [-0.1, -0.05) is 18.2 Å². The average molecular weight is 287 g/mol. The van der Waals surface area contributed by atoms with Crippen molar-refractivity contribution in [2.45, 2.75) is 19.9 Å². The lowest BCUT2D eigenvalue weighted by molar-refractivity contribution is -0.121. The highest BCUT2D eigenvalue weighted by molar-refractivity contribution is 6.05. The van der Waals surface area contributed by atoms with Crippen LogP contribution in [0.2, 0.25) is 0 Å². The Labute approximate surface area is 122 Å². The molecule has 1 unspecified atom stereocenters. The van der Waals surface area contributed by atoms with E-state index < -0.39 is 12.0 Å². The molecule has 110 valence electrons. The lowest BCUT2D eigenvalue weighted by Crippen LogP contribution is -2.37. The molecule has 0 bridgehead atoms. The molecule has 0 aliphatic rings. The van der Waals surface area contributed by atoms with Crippen LogP contribution in [-0.2, 0) is 4.79 Å². The number of anilines is 1. The second-order valence-electron chi connectivity index (χ2n) is 4.63. The molecule has 21 heavy (non-hydrogen) atoms. The van der Waals surface area contributed by atoms with Crippen LogP contribution in [0.5, 0.6) is 0 Å². The molecule has 0 fully saturated rings. The largest absolute Gasteiger partial charge is 0.478 e. The Morgan fingerprint density at radius 3 is 2.71 bits per heavy atom. The quantitative estimate of drug-likeness (QED) is 0.781. The smallest absolute Gasteiger partial charge is 0.339 e. The fourth-order valence-electron chi connectivity index (χ4n) is 2.07. The predicted molar refractivity (Wildman–Crippen MR) is 80.5 cm³/mol. The van der Waals surface area contributed by atoms with E-state index in [2.05, 4.69) is 15.6 Å². The molecule has 0 saturated carbocycles. The number of pyridine rings is 1. The van der Waals surface area contributed by atoms with Crippen LogP contribution in [0.25, 0.3) is 10.9 Å². The van der Waals surface area contributed by atoms with Gasteiger partial charge in [-0.3, -0.25) is 9.78 Å². The molecule has 0 aliphatic heterocycles. The lowest BCUT2D eigenvalue weighted by atomic mass is 10.1. The highest BCUT2D eigenvalue weighted by atomic mass is 16.4. The normalized spacial score (nSPS) is 11.9. The summed E-state index contributed by atoms with van der Waals surface area (Å²) in [6.07, 6.45) is 1.30. The number of para-hydroxylation sites is 1. The van der Waals surface area contributed by atoms with Crippen LogP contribution in [0.3, 0.4) is 0 Å². The van der Waals surface area contributed by atoms with E-state index in [9.17, 15) is 14.7 Å². The number of amides is 1. The Balaban J connectivity index is 2.47. The van der Waals surface area contributed by atoms with Gasteiger partial charge in [0.25, 0.3) is 0 Å². The van der Waals surface area contributed by atoms with E-state index in [0.29, 0.717) is 23.1 Å². The molecule has 1 aromatic carbocycles. The maximum atomic E-state index is 11.8. The first-order chi connectivity index (χ1) is 10.0. The molecule has 0 spiro atoms. The zero-order valence-electron chi connectivity index (χ0n) is 11.9. The van der Waals surface area contributed by atoms with Gasteiger partial charge in [-0.15, -0.1) is 0 Å². The molecule has 3 N–H and O–H groups in total. The summed E-state index contributed by atoms with van der Waals surface area (Å²) < 4.78 is 0. The Morgan fingerprint density at radius 2 is 2.05 bits per heavy atom. The number of fused-ring (bicyclic) bond motifs is 1. The van der Waals surface area contributed by atoms with Crippen molar-refractivity contribution in [2.75, 3.05) is 11.9 Å². The van der Waals surface area contributed by atoms with Crippen molar-refractivity contribution in [1.82, 2.24) is 10.3 Å². The number of carboxylic acid groups (broad SMARTS) is 1. The zero-order valence-corrected chi connectivity index (χ0v) is 11.9. The molecule has 2 rings (SSSR count). The van der Waals surface area contributed by atoms with Crippen molar-refractivity contribution < 1.29 is 14.7 Å². The van der Waals surface area contributed by atoms with Gasteiger partial charge in [0, 0.05) is 18.1 Å². The lowest BCUT2D eigenvalue weighted by Gasteiger charge is -2.17. The second-order valence-corrected chi connectivity index (χ2v) is 4.63. The number of likely N-dealkylation sites (N-methyl/N-ethyl adjacent to an activating group) is 1. The van der Waals surface area contributed by atoms with Crippen molar-refractivity contribution in [3.63, 3.8) is 0 Å². The number of hydrogen-bond acceptors (Lipinski definition) is 4. The van der Waals surface area contributed by atoms with E-state index in [1.54, 1.807) is 25.1 Å². The number of carbonyl (C=O) groups excluding carboxylic acids is 1. The van der Waals surface area contributed by atoms with Crippen molar-refractivity contribution in [3.05, 3.63) is 36.0 Å². The number of rotatable bonds is 5. The Bertz CT molecular complexity index is 685. The summed E-state index contributed by atoms with van der Waals surface area (Å²) in [5.74, 6) is -1.27. The fourth-order valence-corrected chi connectivity index (χ4v) is 2.07. The minimum absolute atomic E-state index is 0.0462. The molecule has 6 nitrogen and oxygen atoms in total. The summed E-state index contributed by atoms with van der Waals surface area (Å²) in [7, 11) is 0. The molecule has 1 atom stereocenters. The summed E-state index contributed by atoms with van der Waals surface area (Å²) in [4.78, 5) is 27.3. The van der Waals surface area contributed by atoms with E-state index in [1.807, 2.05) is 13.0 Å². The van der Waals surface area contributed by atoms with E-state index in [4.69, 9.17) is 0 Å². The van der Waals surface area contributed by atoms with E-state index in [0.717, 1.165) is 0 Å². The molecule has 1 aromatic heterocycles. The average Bonchev–Trinajstić information content (AvgIpc) is 2.47. The second kappa shape index (κ2) is 6.21. The summed E-state index contributed by atoms with van der Waals surface area (Å²) in [5.41, 5.74) is 1.13. The third kappa shape index (κ3) is 3.10. The molecule has 2 aromatic rings. The monoisotopic (exact) mass is 287 g/mol. The van der Waals surface area contributed by atoms with Crippen LogP contribution < -0.4 is 10.6 Å². The Morgan fingerprint density at radius 1 is 1.33 bits per heavy atom. The number of aromatic nitrogens is 1. The third-order valence-corrected chi connectivity index (χ3v) is 3.11. The van der Waals surface area contributed by atoms with E-state index in [1.165, 1.54) is 6.20 Å². The Kier molecular flexibility index (Phi) is 4.37. The summed E-state index contributed by atoms with van der Waals surface area (Å²) >= 11 is 0. The highest BCUT2D eigenvalue weighted by Crippen LogP contribution is 2.26. The number of nitrogens with one attached hydrogen (secondary N) is 2. The van der Waals surface area contributed by atoms with Gasteiger partial charge in [0.15, 0.2) is 0 Å². The van der Waals surface area contributed by atoms with Gasteiger partial charge in [-0.05, 0) is 19.9 Å². The first kappa shape index (κ1) is 14.8. The minimum atomic E-state index is -1.08. The van der Waals surface area contributed by atoms with Crippen LogP contribution >= 0.6 is 0 Å². The van der Waals surface area contributed by atoms with Crippen molar-refractivity contribution >= 4 is 28.5 Å². The Hall–Kier alpha value is -2.63. The van der Waals surface area contributed by atoms with Gasteiger partial charge in [-0.25, -0.2) is 4.79 Å². The molecule has 1 heterocycles. The number of benzene rings is 1. The van der Waals surface area contributed by atoms with Crippen LogP contribution in [0.1, 0.15) is 24.2 Å². The zero-order chi connectivity index (χ0) is 15.4. The van der Waals surface area contributed by atoms with Crippen molar-refractivity contribution in [3.8, 4) is 0 Å². The van der Waals surface area contributed by atoms with Crippen LogP contribution in [0, 0.1) is 0 Å². The number of carbonyl (C=O) groups is 2. The van der Waals surface area contributed by atoms with Gasteiger partial charge in [-0.2, -0.15) is 0 Å². The highest BCUT2D eigenvalue weighted by Gasteiger charge is 2.19. The van der Waals surface area contributed by atoms with Crippen molar-refractivity contribution in [1.29, 1.82) is 0 Å². The fraction of sp³-hybridized carbons (Fsp3) is 0.267. The summed E-state index contributed by atoms with van der Waals surface area (Å²) in [6, 6.07) is 6.66. The minimum Gasteiger partial charge on any atom is -0.478 e. The maximum absolute atomic E-state index is 11.8. The number of aromatic carboxylic acids is 1. The summed E-state index contributed by atoms with van der Waals surface area (Å²) in [5, 5.41) is 15.7. The van der Waals surface area contributed by atoms with E-state index >= 15 is 0 Å². The topological polar surface area (TPSA) is 91.3 Å². The van der Waals surface area contributed by atoms with E-state index in [-0.39, 0.29) is 11.5 Å². The number of hydrogen-bond donors (Lipinski definition) is 3. The number of nitrogens with zero attached hydrogens (tertiary/aromatic N) is 1. The van der Waals surface area contributed by atoms with Gasteiger partial charge in [0.2, 0.25) is 5.91 Å².